The maximum absolute atomic E-state index is 5.23. The number of para-hydroxylation sites is 1. The third kappa shape index (κ3) is 4.16. The molecule has 0 saturated carbocycles. The molecule has 0 amide bonds. The van der Waals surface area contributed by atoms with E-state index in [1.165, 1.54) is 36.3 Å². The van der Waals surface area contributed by atoms with Gasteiger partial charge in [-0.1, -0.05) is 115 Å². The number of benzene rings is 6. The topological polar surface area (TPSA) is 38.7 Å². The Morgan fingerprint density at radius 3 is 2.11 bits per heavy atom. The summed E-state index contributed by atoms with van der Waals surface area (Å²) < 4.78 is 2.64. The predicted octanol–water partition coefficient (Wildman–Crippen LogP) is 11.9. The first-order valence-electron chi connectivity index (χ1n) is 15.8. The van der Waals surface area contributed by atoms with Gasteiger partial charge in [-0.25, -0.2) is 9.97 Å². The van der Waals surface area contributed by atoms with E-state index in [4.69, 9.17) is 9.97 Å². The zero-order valence-corrected chi connectivity index (χ0v) is 26.0. The monoisotopic (exact) mass is 615 g/mol. The Morgan fingerprint density at radius 1 is 0.447 bits per heavy atom. The van der Waals surface area contributed by atoms with Crippen molar-refractivity contribution >= 4 is 75.0 Å². The van der Waals surface area contributed by atoms with E-state index in [0.29, 0.717) is 0 Å². The summed E-state index contributed by atoms with van der Waals surface area (Å²) in [5.74, 6) is 0. The molecule has 6 aromatic carbocycles. The molecular weight excluding hydrogens is 591 g/mol. The minimum Gasteiger partial charge on any atom is -0.254 e. The zero-order chi connectivity index (χ0) is 30.9. The fourth-order valence-electron chi connectivity index (χ4n) is 7.00. The highest BCUT2D eigenvalue weighted by molar-refractivity contribution is 7.26. The van der Waals surface area contributed by atoms with E-state index in [2.05, 4.69) is 145 Å². The third-order valence-electron chi connectivity index (χ3n) is 9.29. The quantitative estimate of drug-likeness (QED) is 0.186. The van der Waals surface area contributed by atoms with Gasteiger partial charge in [0.2, 0.25) is 0 Å². The molecule has 4 aromatic heterocycles. The molecule has 0 unspecified atom stereocenters. The Hall–Kier alpha value is -5.97. The zero-order valence-electron chi connectivity index (χ0n) is 25.2. The van der Waals surface area contributed by atoms with Crippen molar-refractivity contribution in [3.05, 3.63) is 152 Å². The van der Waals surface area contributed by atoms with Gasteiger partial charge in [-0.15, -0.1) is 11.3 Å². The molecule has 0 N–H and O–H groups in total. The highest BCUT2D eigenvalue weighted by Gasteiger charge is 2.16. The predicted molar refractivity (Wildman–Crippen MR) is 199 cm³/mol. The van der Waals surface area contributed by atoms with Crippen LogP contribution in [0.4, 0.5) is 0 Å². The van der Waals surface area contributed by atoms with Gasteiger partial charge in [-0.3, -0.25) is 4.98 Å². The van der Waals surface area contributed by atoms with Gasteiger partial charge in [0.25, 0.3) is 0 Å². The Kier molecular flexibility index (Phi) is 5.74. The molecular formula is C43H25N3S. The maximum atomic E-state index is 5.23. The summed E-state index contributed by atoms with van der Waals surface area (Å²) >= 11 is 1.87. The number of nitrogens with zero attached hydrogens (tertiary/aromatic N) is 3. The second kappa shape index (κ2) is 10.3. The SMILES string of the molecule is c1cc(-c2ccc(-c3nc4ccccc4c4c3ccc3c5ccccc5sc34)cc2)cc(-c2ccc3ccc4cccnc4c3n2)c1. The van der Waals surface area contributed by atoms with Crippen LogP contribution in [0.15, 0.2) is 152 Å². The van der Waals surface area contributed by atoms with Crippen LogP contribution in [-0.4, -0.2) is 15.0 Å². The fraction of sp³-hybridized carbons (Fsp3) is 0. The molecule has 0 spiro atoms. The first-order chi connectivity index (χ1) is 23.3. The summed E-state index contributed by atoms with van der Waals surface area (Å²) in [5, 5.41) is 8.47. The van der Waals surface area contributed by atoms with Crippen molar-refractivity contribution in [2.24, 2.45) is 0 Å². The molecule has 0 radical (unpaired) electrons. The van der Waals surface area contributed by atoms with E-state index < -0.39 is 0 Å². The van der Waals surface area contributed by atoms with Crippen molar-refractivity contribution < 1.29 is 0 Å². The van der Waals surface area contributed by atoms with E-state index in [-0.39, 0.29) is 0 Å². The number of hydrogen-bond acceptors (Lipinski definition) is 4. The van der Waals surface area contributed by atoms with E-state index in [9.17, 15) is 0 Å². The van der Waals surface area contributed by atoms with Gasteiger partial charge in [-0.2, -0.15) is 0 Å². The van der Waals surface area contributed by atoms with Crippen LogP contribution in [0.3, 0.4) is 0 Å². The second-order valence-corrected chi connectivity index (χ2v) is 13.1. The molecule has 0 bridgehead atoms. The first-order valence-corrected chi connectivity index (χ1v) is 16.6. The van der Waals surface area contributed by atoms with Crippen molar-refractivity contribution in [1.29, 1.82) is 0 Å². The lowest BCUT2D eigenvalue weighted by molar-refractivity contribution is 1.37. The summed E-state index contributed by atoms with van der Waals surface area (Å²) in [7, 11) is 0. The number of thiophene rings is 1. The molecule has 218 valence electrons. The highest BCUT2D eigenvalue weighted by Crippen LogP contribution is 2.43. The number of rotatable bonds is 3. The van der Waals surface area contributed by atoms with Gasteiger partial charge in [0.15, 0.2) is 0 Å². The molecule has 4 heteroatoms. The Morgan fingerprint density at radius 2 is 1.19 bits per heavy atom. The molecule has 10 aromatic rings. The number of fused-ring (bicyclic) bond motifs is 10. The van der Waals surface area contributed by atoms with Crippen molar-refractivity contribution in [3.8, 4) is 33.6 Å². The molecule has 0 atom stereocenters. The minimum atomic E-state index is 0.929. The average molecular weight is 616 g/mol. The smallest absolute Gasteiger partial charge is 0.0972 e. The van der Waals surface area contributed by atoms with Crippen LogP contribution in [0.1, 0.15) is 0 Å². The molecule has 3 nitrogen and oxygen atoms in total. The lowest BCUT2D eigenvalue weighted by Gasteiger charge is -2.12. The molecule has 0 aliphatic rings. The van der Waals surface area contributed by atoms with E-state index in [0.717, 1.165) is 61.0 Å². The highest BCUT2D eigenvalue weighted by atomic mass is 32.1. The Labute approximate surface area is 274 Å². The summed E-state index contributed by atoms with van der Waals surface area (Å²) in [4.78, 5) is 14.9. The molecule has 47 heavy (non-hydrogen) atoms. The van der Waals surface area contributed by atoms with Crippen LogP contribution in [0, 0.1) is 0 Å². The lowest BCUT2D eigenvalue weighted by atomic mass is 9.96. The van der Waals surface area contributed by atoms with Crippen LogP contribution in [0.2, 0.25) is 0 Å². The van der Waals surface area contributed by atoms with Gasteiger partial charge in [0.05, 0.1) is 27.9 Å². The van der Waals surface area contributed by atoms with Crippen molar-refractivity contribution in [2.75, 3.05) is 0 Å². The summed E-state index contributed by atoms with van der Waals surface area (Å²) in [6.07, 6.45) is 1.83. The largest absolute Gasteiger partial charge is 0.254 e. The van der Waals surface area contributed by atoms with Crippen LogP contribution in [-0.2, 0) is 0 Å². The van der Waals surface area contributed by atoms with Crippen LogP contribution >= 0.6 is 11.3 Å². The van der Waals surface area contributed by atoms with Crippen LogP contribution < -0.4 is 0 Å². The normalized spacial score (nSPS) is 11.8. The van der Waals surface area contributed by atoms with Gasteiger partial charge in [0.1, 0.15) is 0 Å². The van der Waals surface area contributed by atoms with Crippen molar-refractivity contribution in [2.45, 2.75) is 0 Å². The van der Waals surface area contributed by atoms with E-state index in [1.807, 2.05) is 23.6 Å². The second-order valence-electron chi connectivity index (χ2n) is 12.0. The average Bonchev–Trinajstić information content (AvgIpc) is 3.53. The number of pyridine rings is 3. The molecule has 0 saturated heterocycles. The lowest BCUT2D eigenvalue weighted by Crippen LogP contribution is -1.91. The molecule has 0 aliphatic heterocycles. The number of hydrogen-bond donors (Lipinski definition) is 0. The Bertz CT molecular complexity index is 2850. The van der Waals surface area contributed by atoms with Gasteiger partial charge < -0.3 is 0 Å². The molecule has 0 aliphatic carbocycles. The molecule has 4 heterocycles. The maximum Gasteiger partial charge on any atom is 0.0972 e. The van der Waals surface area contributed by atoms with Crippen molar-refractivity contribution in [3.63, 3.8) is 0 Å². The first kappa shape index (κ1) is 26.3. The van der Waals surface area contributed by atoms with E-state index >= 15 is 0 Å². The molecule has 0 fully saturated rings. The molecule has 10 rings (SSSR count). The standard InChI is InChI=1S/C43H25N3S/c1-3-12-37-34(11-1)39-35(22-21-33-32-10-2-4-13-38(32)47-43(33)39)40(46-37)28-16-14-26(15-17-28)30-7-5-8-31(25-30)36-23-20-29-19-18-27-9-6-24-44-41(27)42(29)45-36/h1-25H. The van der Waals surface area contributed by atoms with Gasteiger partial charge in [0, 0.05) is 64.4 Å². The van der Waals surface area contributed by atoms with Gasteiger partial charge in [-0.05, 0) is 41.5 Å². The van der Waals surface area contributed by atoms with Crippen LogP contribution in [0.5, 0.6) is 0 Å². The Balaban J connectivity index is 1.08. The van der Waals surface area contributed by atoms with Crippen LogP contribution in [0.25, 0.3) is 97.3 Å². The third-order valence-corrected chi connectivity index (χ3v) is 10.5. The number of aromatic nitrogens is 3. The fourth-order valence-corrected chi connectivity index (χ4v) is 8.26. The van der Waals surface area contributed by atoms with E-state index in [1.54, 1.807) is 0 Å². The minimum absolute atomic E-state index is 0.929. The van der Waals surface area contributed by atoms with Gasteiger partial charge >= 0.3 is 0 Å². The summed E-state index contributed by atoms with van der Waals surface area (Å²) in [6.45, 7) is 0. The summed E-state index contributed by atoms with van der Waals surface area (Å²) in [5.41, 5.74) is 9.32. The summed E-state index contributed by atoms with van der Waals surface area (Å²) in [6, 6.07) is 51.8. The van der Waals surface area contributed by atoms with Crippen molar-refractivity contribution in [1.82, 2.24) is 15.0 Å².